The molecule has 2 aromatic rings. The second kappa shape index (κ2) is 5.54. The Morgan fingerprint density at radius 2 is 2.58 bits per heavy atom. The third-order valence-corrected chi connectivity index (χ3v) is 4.01. The molecule has 0 saturated carbocycles. The van der Waals surface area contributed by atoms with Crippen molar-refractivity contribution >= 4 is 17.2 Å². The molecular formula is C13H15N3O2S. The van der Waals surface area contributed by atoms with Gasteiger partial charge < -0.3 is 10.1 Å². The summed E-state index contributed by atoms with van der Waals surface area (Å²) < 4.78 is 5.46. The highest BCUT2D eigenvalue weighted by Gasteiger charge is 2.18. The summed E-state index contributed by atoms with van der Waals surface area (Å²) in [5.74, 6) is -0.158. The van der Waals surface area contributed by atoms with Gasteiger partial charge in [0.25, 0.3) is 5.91 Å². The minimum atomic E-state index is -0.158. The van der Waals surface area contributed by atoms with Gasteiger partial charge in [-0.1, -0.05) is 6.07 Å². The van der Waals surface area contributed by atoms with E-state index in [1.54, 1.807) is 17.4 Å². The summed E-state index contributed by atoms with van der Waals surface area (Å²) in [4.78, 5) is 13.0. The zero-order valence-corrected chi connectivity index (χ0v) is 11.2. The average Bonchev–Trinajstić information content (AvgIpc) is 3.14. The minimum absolute atomic E-state index is 0.152. The van der Waals surface area contributed by atoms with E-state index in [-0.39, 0.29) is 12.0 Å². The molecule has 0 aromatic carbocycles. The number of hydrogen-bond donors (Lipinski definition) is 2. The number of ether oxygens (including phenoxy) is 1. The van der Waals surface area contributed by atoms with Crippen LogP contribution in [-0.2, 0) is 4.74 Å². The first-order valence-corrected chi connectivity index (χ1v) is 7.20. The number of amides is 1. The van der Waals surface area contributed by atoms with Crippen molar-refractivity contribution in [1.82, 2.24) is 15.5 Å². The van der Waals surface area contributed by atoms with E-state index in [1.165, 1.54) is 0 Å². The molecule has 0 bridgehead atoms. The molecule has 2 N–H and O–H groups in total. The maximum absolute atomic E-state index is 11.9. The van der Waals surface area contributed by atoms with Gasteiger partial charge in [0.1, 0.15) is 0 Å². The van der Waals surface area contributed by atoms with Crippen molar-refractivity contribution in [2.45, 2.75) is 18.9 Å². The number of H-pyrrole nitrogens is 1. The predicted molar refractivity (Wildman–Crippen MR) is 73.2 cm³/mol. The van der Waals surface area contributed by atoms with Crippen LogP contribution < -0.4 is 5.32 Å². The van der Waals surface area contributed by atoms with E-state index in [1.807, 2.05) is 17.5 Å². The topological polar surface area (TPSA) is 67.0 Å². The number of hydrogen-bond acceptors (Lipinski definition) is 4. The monoisotopic (exact) mass is 277 g/mol. The molecule has 100 valence electrons. The van der Waals surface area contributed by atoms with Crippen molar-refractivity contribution in [3.8, 4) is 10.6 Å². The maximum atomic E-state index is 11.9. The molecule has 2 aromatic heterocycles. The summed E-state index contributed by atoms with van der Waals surface area (Å²) in [6.07, 6.45) is 2.24. The summed E-state index contributed by atoms with van der Waals surface area (Å²) in [6, 6.07) is 5.74. The molecule has 0 radical (unpaired) electrons. The highest BCUT2D eigenvalue weighted by molar-refractivity contribution is 7.13. The van der Waals surface area contributed by atoms with E-state index in [0.29, 0.717) is 12.2 Å². The third kappa shape index (κ3) is 2.85. The van der Waals surface area contributed by atoms with Gasteiger partial charge in [0.15, 0.2) is 5.69 Å². The molecule has 3 heterocycles. The van der Waals surface area contributed by atoms with Crippen LogP contribution in [0.15, 0.2) is 23.6 Å². The smallest absolute Gasteiger partial charge is 0.271 e. The number of nitrogens with zero attached hydrogens (tertiary/aromatic N) is 1. The molecule has 1 amide bonds. The number of carbonyl (C=O) groups excluding carboxylic acids is 1. The van der Waals surface area contributed by atoms with Crippen LogP contribution in [0.4, 0.5) is 0 Å². The van der Waals surface area contributed by atoms with E-state index in [0.717, 1.165) is 30.0 Å². The molecular weight excluding hydrogens is 262 g/mol. The fourth-order valence-corrected chi connectivity index (χ4v) is 2.79. The van der Waals surface area contributed by atoms with Crippen LogP contribution in [0, 0.1) is 0 Å². The summed E-state index contributed by atoms with van der Waals surface area (Å²) in [6.45, 7) is 1.35. The standard InChI is InChI=1S/C13H15N3O2S/c17-13(14-8-9-3-1-5-18-9)11-7-10(15-16-11)12-4-2-6-19-12/h2,4,6-7,9H,1,3,5,8H2,(H,14,17)(H,15,16)/t9-/m1/s1. The lowest BCUT2D eigenvalue weighted by molar-refractivity contribution is 0.0853. The van der Waals surface area contributed by atoms with E-state index in [9.17, 15) is 4.79 Å². The Bertz CT molecular complexity index is 544. The van der Waals surface area contributed by atoms with Gasteiger partial charge in [-0.3, -0.25) is 9.89 Å². The van der Waals surface area contributed by atoms with E-state index >= 15 is 0 Å². The predicted octanol–water partition coefficient (Wildman–Crippen LogP) is 2.05. The lowest BCUT2D eigenvalue weighted by Crippen LogP contribution is -2.31. The summed E-state index contributed by atoms with van der Waals surface area (Å²) in [5.41, 5.74) is 1.29. The molecule has 1 aliphatic heterocycles. The summed E-state index contributed by atoms with van der Waals surface area (Å²) in [5, 5.41) is 11.8. The summed E-state index contributed by atoms with van der Waals surface area (Å²) in [7, 11) is 0. The van der Waals surface area contributed by atoms with Crippen LogP contribution >= 0.6 is 11.3 Å². The van der Waals surface area contributed by atoms with Crippen molar-refractivity contribution in [2.24, 2.45) is 0 Å². The first kappa shape index (κ1) is 12.4. The lowest BCUT2D eigenvalue weighted by Gasteiger charge is -2.09. The zero-order valence-electron chi connectivity index (χ0n) is 10.4. The molecule has 5 nitrogen and oxygen atoms in total. The number of aromatic nitrogens is 2. The van der Waals surface area contributed by atoms with Crippen LogP contribution in [0.5, 0.6) is 0 Å². The van der Waals surface area contributed by atoms with Crippen molar-refractivity contribution < 1.29 is 9.53 Å². The number of rotatable bonds is 4. The Morgan fingerprint density at radius 1 is 1.63 bits per heavy atom. The van der Waals surface area contributed by atoms with Gasteiger partial charge in [0, 0.05) is 13.2 Å². The molecule has 6 heteroatoms. The lowest BCUT2D eigenvalue weighted by atomic mass is 10.2. The molecule has 3 rings (SSSR count). The van der Waals surface area contributed by atoms with Crippen molar-refractivity contribution in [2.75, 3.05) is 13.2 Å². The minimum Gasteiger partial charge on any atom is -0.376 e. The van der Waals surface area contributed by atoms with E-state index in [4.69, 9.17) is 4.74 Å². The van der Waals surface area contributed by atoms with Gasteiger partial charge in [0.2, 0.25) is 0 Å². The van der Waals surface area contributed by atoms with Crippen LogP contribution in [0.3, 0.4) is 0 Å². The molecule has 0 unspecified atom stereocenters. The van der Waals surface area contributed by atoms with Gasteiger partial charge in [-0.25, -0.2) is 0 Å². The Labute approximate surface area is 115 Å². The Hall–Kier alpha value is -1.66. The van der Waals surface area contributed by atoms with E-state index in [2.05, 4.69) is 15.5 Å². The quantitative estimate of drug-likeness (QED) is 0.898. The van der Waals surface area contributed by atoms with Crippen LogP contribution in [0.25, 0.3) is 10.6 Å². The summed E-state index contributed by atoms with van der Waals surface area (Å²) >= 11 is 1.61. The van der Waals surface area contributed by atoms with E-state index < -0.39 is 0 Å². The van der Waals surface area contributed by atoms with Crippen molar-refractivity contribution in [3.63, 3.8) is 0 Å². The van der Waals surface area contributed by atoms with Crippen LogP contribution in [-0.4, -0.2) is 35.4 Å². The number of carbonyl (C=O) groups is 1. The van der Waals surface area contributed by atoms with Gasteiger partial charge in [-0.05, 0) is 30.4 Å². The Kier molecular flexibility index (Phi) is 3.61. The molecule has 1 fully saturated rings. The molecule has 1 aliphatic rings. The number of thiophene rings is 1. The normalized spacial score (nSPS) is 18.6. The molecule has 19 heavy (non-hydrogen) atoms. The number of nitrogens with one attached hydrogen (secondary N) is 2. The maximum Gasteiger partial charge on any atom is 0.271 e. The van der Waals surface area contributed by atoms with Crippen LogP contribution in [0.2, 0.25) is 0 Å². The highest BCUT2D eigenvalue weighted by Crippen LogP contribution is 2.22. The third-order valence-electron chi connectivity index (χ3n) is 3.11. The average molecular weight is 277 g/mol. The SMILES string of the molecule is O=C(NC[C@H]1CCCO1)c1cc(-c2cccs2)[nH]n1. The Balaban J connectivity index is 1.60. The van der Waals surface area contributed by atoms with Crippen molar-refractivity contribution in [1.29, 1.82) is 0 Å². The Morgan fingerprint density at radius 3 is 3.32 bits per heavy atom. The molecule has 0 spiro atoms. The molecule has 1 saturated heterocycles. The first-order valence-electron chi connectivity index (χ1n) is 6.32. The largest absolute Gasteiger partial charge is 0.376 e. The molecule has 1 atom stereocenters. The second-order valence-electron chi connectivity index (χ2n) is 4.49. The van der Waals surface area contributed by atoms with Gasteiger partial charge in [-0.15, -0.1) is 11.3 Å². The van der Waals surface area contributed by atoms with Crippen LogP contribution in [0.1, 0.15) is 23.3 Å². The second-order valence-corrected chi connectivity index (χ2v) is 5.44. The fraction of sp³-hybridized carbons (Fsp3) is 0.385. The van der Waals surface area contributed by atoms with Gasteiger partial charge in [0.05, 0.1) is 16.7 Å². The number of aromatic amines is 1. The first-order chi connectivity index (χ1) is 9.33. The van der Waals surface area contributed by atoms with Gasteiger partial charge in [-0.2, -0.15) is 5.10 Å². The van der Waals surface area contributed by atoms with Gasteiger partial charge >= 0.3 is 0 Å². The fourth-order valence-electron chi connectivity index (χ4n) is 2.10. The van der Waals surface area contributed by atoms with Crippen molar-refractivity contribution in [3.05, 3.63) is 29.3 Å². The zero-order chi connectivity index (χ0) is 13.1. The highest BCUT2D eigenvalue weighted by atomic mass is 32.1. The molecule has 0 aliphatic carbocycles.